The fourth-order valence-corrected chi connectivity index (χ4v) is 2.38. The Kier molecular flexibility index (Phi) is 4.12. The van der Waals surface area contributed by atoms with Gasteiger partial charge in [0.2, 0.25) is 5.95 Å². The van der Waals surface area contributed by atoms with E-state index >= 15 is 0 Å². The Morgan fingerprint density at radius 2 is 2.06 bits per heavy atom. The van der Waals surface area contributed by atoms with Crippen LogP contribution in [0.15, 0.2) is 12.3 Å². The van der Waals surface area contributed by atoms with Crippen molar-refractivity contribution in [1.29, 1.82) is 0 Å². The maximum absolute atomic E-state index is 4.45. The monoisotopic (exact) mass is 284 g/mol. The summed E-state index contributed by atoms with van der Waals surface area (Å²) in [7, 11) is 0. The SMILES string of the molecule is Cc1ccnc(N2CCN(CCBr)CC2)n1. The zero-order chi connectivity index (χ0) is 11.4. The summed E-state index contributed by atoms with van der Waals surface area (Å²) >= 11 is 3.47. The number of anilines is 1. The predicted octanol–water partition coefficient (Wildman–Crippen LogP) is 1.30. The molecule has 1 aliphatic heterocycles. The zero-order valence-corrected chi connectivity index (χ0v) is 11.2. The van der Waals surface area contributed by atoms with Crippen molar-refractivity contribution < 1.29 is 0 Å². The topological polar surface area (TPSA) is 32.3 Å². The lowest BCUT2D eigenvalue weighted by atomic mass is 10.3. The second-order valence-corrected chi connectivity index (χ2v) is 4.81. The lowest BCUT2D eigenvalue weighted by molar-refractivity contribution is 0.272. The van der Waals surface area contributed by atoms with Gasteiger partial charge in [-0.3, -0.25) is 4.90 Å². The molecule has 0 aliphatic carbocycles. The van der Waals surface area contributed by atoms with Gasteiger partial charge in [-0.1, -0.05) is 15.9 Å². The maximum atomic E-state index is 4.45. The minimum Gasteiger partial charge on any atom is -0.338 e. The molecule has 0 atom stereocenters. The Morgan fingerprint density at radius 3 is 2.69 bits per heavy atom. The molecule has 88 valence electrons. The van der Waals surface area contributed by atoms with Crippen molar-refractivity contribution in [2.75, 3.05) is 43.0 Å². The van der Waals surface area contributed by atoms with Gasteiger partial charge in [0.25, 0.3) is 0 Å². The number of hydrogen-bond donors (Lipinski definition) is 0. The van der Waals surface area contributed by atoms with Crippen LogP contribution < -0.4 is 4.90 Å². The average Bonchev–Trinajstić information content (AvgIpc) is 2.30. The molecule has 16 heavy (non-hydrogen) atoms. The molecule has 0 N–H and O–H groups in total. The van der Waals surface area contributed by atoms with Gasteiger partial charge in [-0.05, 0) is 13.0 Å². The lowest BCUT2D eigenvalue weighted by Crippen LogP contribution is -2.47. The lowest BCUT2D eigenvalue weighted by Gasteiger charge is -2.34. The van der Waals surface area contributed by atoms with Crippen molar-refractivity contribution in [2.45, 2.75) is 6.92 Å². The molecule has 1 aromatic rings. The van der Waals surface area contributed by atoms with Crippen LogP contribution >= 0.6 is 15.9 Å². The molecule has 2 heterocycles. The molecule has 0 saturated carbocycles. The molecular weight excluding hydrogens is 268 g/mol. The number of rotatable bonds is 3. The van der Waals surface area contributed by atoms with Crippen molar-refractivity contribution in [2.24, 2.45) is 0 Å². The van der Waals surface area contributed by atoms with Crippen LogP contribution in [-0.2, 0) is 0 Å². The molecule has 0 aromatic carbocycles. The summed E-state index contributed by atoms with van der Waals surface area (Å²) in [6, 6.07) is 1.94. The van der Waals surface area contributed by atoms with Crippen LogP contribution in [0.5, 0.6) is 0 Å². The smallest absolute Gasteiger partial charge is 0.225 e. The molecule has 1 saturated heterocycles. The van der Waals surface area contributed by atoms with Crippen LogP contribution in [0.25, 0.3) is 0 Å². The van der Waals surface area contributed by atoms with Crippen LogP contribution in [0.2, 0.25) is 0 Å². The summed E-state index contributed by atoms with van der Waals surface area (Å²) in [4.78, 5) is 13.5. The fourth-order valence-electron chi connectivity index (χ4n) is 1.88. The molecule has 5 heteroatoms. The largest absolute Gasteiger partial charge is 0.338 e. The quantitative estimate of drug-likeness (QED) is 0.784. The number of aromatic nitrogens is 2. The number of halogens is 1. The molecule has 1 aliphatic rings. The molecular formula is C11H17BrN4. The van der Waals surface area contributed by atoms with Crippen LogP contribution in [0.3, 0.4) is 0 Å². The number of alkyl halides is 1. The van der Waals surface area contributed by atoms with Crippen molar-refractivity contribution in [3.8, 4) is 0 Å². The third-order valence-corrected chi connectivity index (χ3v) is 3.19. The van der Waals surface area contributed by atoms with E-state index in [-0.39, 0.29) is 0 Å². The first-order chi connectivity index (χ1) is 7.79. The van der Waals surface area contributed by atoms with Gasteiger partial charge in [0.15, 0.2) is 0 Å². The summed E-state index contributed by atoms with van der Waals surface area (Å²) < 4.78 is 0. The predicted molar refractivity (Wildman–Crippen MR) is 69.2 cm³/mol. The highest BCUT2D eigenvalue weighted by atomic mass is 79.9. The minimum absolute atomic E-state index is 0.874. The van der Waals surface area contributed by atoms with E-state index in [1.807, 2.05) is 19.2 Å². The first kappa shape index (κ1) is 11.8. The number of piperazine rings is 1. The van der Waals surface area contributed by atoms with Gasteiger partial charge in [0.1, 0.15) is 0 Å². The van der Waals surface area contributed by atoms with Gasteiger partial charge in [-0.15, -0.1) is 0 Å². The van der Waals surface area contributed by atoms with E-state index in [2.05, 4.69) is 35.7 Å². The van der Waals surface area contributed by atoms with E-state index in [4.69, 9.17) is 0 Å². The van der Waals surface area contributed by atoms with E-state index in [1.54, 1.807) is 0 Å². The molecule has 0 unspecified atom stereocenters. The van der Waals surface area contributed by atoms with Gasteiger partial charge in [-0.2, -0.15) is 0 Å². The Morgan fingerprint density at radius 1 is 1.31 bits per heavy atom. The van der Waals surface area contributed by atoms with E-state index in [0.717, 1.165) is 49.7 Å². The zero-order valence-electron chi connectivity index (χ0n) is 9.56. The third kappa shape index (κ3) is 2.92. The molecule has 0 amide bonds. The second-order valence-electron chi connectivity index (χ2n) is 4.02. The maximum Gasteiger partial charge on any atom is 0.225 e. The number of aryl methyl sites for hydroxylation is 1. The van der Waals surface area contributed by atoms with Crippen molar-refractivity contribution in [3.63, 3.8) is 0 Å². The summed E-state index contributed by atoms with van der Waals surface area (Å²) in [5.41, 5.74) is 1.04. The molecule has 0 spiro atoms. The van der Waals surface area contributed by atoms with Gasteiger partial charge >= 0.3 is 0 Å². The first-order valence-corrected chi connectivity index (χ1v) is 6.74. The normalized spacial score (nSPS) is 17.8. The van der Waals surface area contributed by atoms with E-state index in [9.17, 15) is 0 Å². The second kappa shape index (κ2) is 5.59. The van der Waals surface area contributed by atoms with Gasteiger partial charge < -0.3 is 4.90 Å². The molecule has 2 rings (SSSR count). The van der Waals surface area contributed by atoms with Crippen LogP contribution in [0.4, 0.5) is 5.95 Å². The summed E-state index contributed by atoms with van der Waals surface area (Å²) in [5, 5.41) is 1.05. The van der Waals surface area contributed by atoms with E-state index in [0.29, 0.717) is 0 Å². The molecule has 0 bridgehead atoms. The number of nitrogens with zero attached hydrogens (tertiary/aromatic N) is 4. The summed E-state index contributed by atoms with van der Waals surface area (Å²) in [6.45, 7) is 7.38. The highest BCUT2D eigenvalue weighted by Crippen LogP contribution is 2.10. The Bertz CT molecular complexity index is 337. The van der Waals surface area contributed by atoms with Crippen molar-refractivity contribution in [1.82, 2.24) is 14.9 Å². The molecule has 1 fully saturated rings. The van der Waals surface area contributed by atoms with Crippen molar-refractivity contribution >= 4 is 21.9 Å². The minimum atomic E-state index is 0.874. The molecule has 0 radical (unpaired) electrons. The first-order valence-electron chi connectivity index (χ1n) is 5.62. The van der Waals surface area contributed by atoms with Gasteiger partial charge in [0.05, 0.1) is 0 Å². The van der Waals surface area contributed by atoms with Crippen LogP contribution in [0.1, 0.15) is 5.69 Å². The average molecular weight is 285 g/mol. The standard InChI is InChI=1S/C11H17BrN4/c1-10-2-4-13-11(14-10)16-8-6-15(5-3-12)7-9-16/h2,4H,3,5-9H2,1H3. The van der Waals surface area contributed by atoms with E-state index in [1.165, 1.54) is 0 Å². The summed E-state index contributed by atoms with van der Waals surface area (Å²) in [5.74, 6) is 0.874. The van der Waals surface area contributed by atoms with Crippen LogP contribution in [-0.4, -0.2) is 52.9 Å². The molecule has 1 aromatic heterocycles. The third-order valence-electron chi connectivity index (χ3n) is 2.84. The highest BCUT2D eigenvalue weighted by Gasteiger charge is 2.17. The van der Waals surface area contributed by atoms with Crippen LogP contribution in [0, 0.1) is 6.92 Å². The van der Waals surface area contributed by atoms with E-state index < -0.39 is 0 Å². The fraction of sp³-hybridized carbons (Fsp3) is 0.636. The molecule has 4 nitrogen and oxygen atoms in total. The number of hydrogen-bond acceptors (Lipinski definition) is 4. The highest BCUT2D eigenvalue weighted by molar-refractivity contribution is 9.09. The Balaban J connectivity index is 1.94. The Hall–Kier alpha value is -0.680. The Labute approximate surface area is 105 Å². The van der Waals surface area contributed by atoms with Gasteiger partial charge in [0, 0.05) is 49.9 Å². The van der Waals surface area contributed by atoms with Crippen molar-refractivity contribution in [3.05, 3.63) is 18.0 Å². The van der Waals surface area contributed by atoms with Gasteiger partial charge in [-0.25, -0.2) is 9.97 Å². The summed E-state index contributed by atoms with van der Waals surface area (Å²) in [6.07, 6.45) is 1.84.